The zero-order valence-corrected chi connectivity index (χ0v) is 16.2. The van der Waals surface area contributed by atoms with Gasteiger partial charge in [-0.1, -0.05) is 12.1 Å². The van der Waals surface area contributed by atoms with Crippen molar-refractivity contribution in [2.75, 3.05) is 38.1 Å². The molecule has 0 spiro atoms. The predicted molar refractivity (Wildman–Crippen MR) is 106 cm³/mol. The molecule has 2 amide bonds. The van der Waals surface area contributed by atoms with Crippen LogP contribution in [0.15, 0.2) is 30.3 Å². The lowest BCUT2D eigenvalue weighted by atomic mass is 10.2. The van der Waals surface area contributed by atoms with Gasteiger partial charge in [0, 0.05) is 37.9 Å². The van der Waals surface area contributed by atoms with Crippen LogP contribution in [-0.2, 0) is 14.3 Å². The van der Waals surface area contributed by atoms with Gasteiger partial charge < -0.3 is 20.1 Å². The number of rotatable bonds is 7. The van der Waals surface area contributed by atoms with Gasteiger partial charge in [-0.3, -0.25) is 4.90 Å². The van der Waals surface area contributed by atoms with E-state index in [4.69, 9.17) is 9.47 Å². The number of nitrogens with one attached hydrogen (secondary N) is 2. The van der Waals surface area contributed by atoms with Crippen molar-refractivity contribution in [3.63, 3.8) is 0 Å². The highest BCUT2D eigenvalue weighted by atomic mass is 16.5. The minimum Gasteiger partial charge on any atom is -0.463 e. The van der Waals surface area contributed by atoms with Gasteiger partial charge in [-0.25, -0.2) is 9.59 Å². The molecule has 27 heavy (non-hydrogen) atoms. The zero-order chi connectivity index (χ0) is 19.6. The summed E-state index contributed by atoms with van der Waals surface area (Å²) in [6.45, 7) is 9.38. The van der Waals surface area contributed by atoms with Crippen molar-refractivity contribution < 1.29 is 19.1 Å². The number of amides is 2. The van der Waals surface area contributed by atoms with Crippen LogP contribution >= 0.6 is 0 Å². The molecule has 0 bridgehead atoms. The molecule has 0 radical (unpaired) electrons. The number of carbonyl (C=O) groups is 2. The van der Waals surface area contributed by atoms with Crippen LogP contribution in [-0.4, -0.2) is 61.9 Å². The second kappa shape index (κ2) is 10.7. The number of carbonyl (C=O) groups excluding carboxylic acids is 2. The zero-order valence-electron chi connectivity index (χ0n) is 16.2. The first-order chi connectivity index (χ1) is 13.0. The van der Waals surface area contributed by atoms with Crippen molar-refractivity contribution in [3.8, 4) is 0 Å². The van der Waals surface area contributed by atoms with Crippen molar-refractivity contribution in [1.29, 1.82) is 0 Å². The minimum absolute atomic E-state index is 0.221. The third-order valence-corrected chi connectivity index (χ3v) is 4.08. The normalized spacial score (nSPS) is 20.4. The maximum atomic E-state index is 12.0. The summed E-state index contributed by atoms with van der Waals surface area (Å²) in [7, 11) is 0. The molecule has 148 valence electrons. The number of nitrogens with zero attached hydrogens (tertiary/aromatic N) is 1. The topological polar surface area (TPSA) is 79.9 Å². The number of morpholine rings is 1. The number of anilines is 1. The van der Waals surface area contributed by atoms with E-state index in [0.717, 1.165) is 25.2 Å². The van der Waals surface area contributed by atoms with E-state index < -0.39 is 0 Å². The Kier molecular flexibility index (Phi) is 8.29. The maximum Gasteiger partial charge on any atom is 0.330 e. The Hall–Kier alpha value is -2.38. The van der Waals surface area contributed by atoms with Gasteiger partial charge in [0.1, 0.15) is 0 Å². The Morgan fingerprint density at radius 1 is 1.22 bits per heavy atom. The number of ether oxygens (including phenoxy) is 2. The summed E-state index contributed by atoms with van der Waals surface area (Å²) in [5, 5.41) is 5.67. The van der Waals surface area contributed by atoms with Gasteiger partial charge >= 0.3 is 12.0 Å². The molecule has 1 fully saturated rings. The third kappa shape index (κ3) is 7.80. The Bertz CT molecular complexity index is 635. The molecule has 2 atom stereocenters. The maximum absolute atomic E-state index is 12.0. The van der Waals surface area contributed by atoms with Crippen molar-refractivity contribution in [2.24, 2.45) is 0 Å². The van der Waals surface area contributed by atoms with Crippen LogP contribution in [0.25, 0.3) is 6.08 Å². The Labute approximate surface area is 160 Å². The van der Waals surface area contributed by atoms with Crippen molar-refractivity contribution in [3.05, 3.63) is 35.9 Å². The quantitative estimate of drug-likeness (QED) is 0.565. The molecule has 1 heterocycles. The summed E-state index contributed by atoms with van der Waals surface area (Å²) in [5.74, 6) is -0.372. The van der Waals surface area contributed by atoms with E-state index in [2.05, 4.69) is 29.4 Å². The molecule has 1 aromatic carbocycles. The van der Waals surface area contributed by atoms with Crippen LogP contribution in [0.5, 0.6) is 0 Å². The molecule has 2 N–H and O–H groups in total. The monoisotopic (exact) mass is 375 g/mol. The summed E-state index contributed by atoms with van der Waals surface area (Å²) in [5.41, 5.74) is 1.54. The van der Waals surface area contributed by atoms with Gasteiger partial charge in [-0.05, 0) is 44.5 Å². The molecule has 0 aromatic heterocycles. The van der Waals surface area contributed by atoms with Gasteiger partial charge in [-0.2, -0.15) is 0 Å². The molecule has 1 aromatic rings. The van der Waals surface area contributed by atoms with E-state index >= 15 is 0 Å². The van der Waals surface area contributed by atoms with Crippen molar-refractivity contribution in [2.45, 2.75) is 33.0 Å². The van der Waals surface area contributed by atoms with Crippen LogP contribution in [0.3, 0.4) is 0 Å². The number of benzene rings is 1. The summed E-state index contributed by atoms with van der Waals surface area (Å²) >= 11 is 0. The molecule has 2 unspecified atom stereocenters. The van der Waals surface area contributed by atoms with Gasteiger partial charge in [-0.15, -0.1) is 0 Å². The molecule has 7 heteroatoms. The molecule has 7 nitrogen and oxygen atoms in total. The summed E-state index contributed by atoms with van der Waals surface area (Å²) < 4.78 is 10.5. The highest BCUT2D eigenvalue weighted by Crippen LogP contribution is 2.11. The van der Waals surface area contributed by atoms with Crippen molar-refractivity contribution in [1.82, 2.24) is 10.2 Å². The molecule has 2 rings (SSSR count). The van der Waals surface area contributed by atoms with Crippen LogP contribution in [0.2, 0.25) is 0 Å². The smallest absolute Gasteiger partial charge is 0.330 e. The number of hydrogen-bond donors (Lipinski definition) is 2. The summed E-state index contributed by atoms with van der Waals surface area (Å²) in [6, 6.07) is 6.98. The van der Waals surface area contributed by atoms with Crippen molar-refractivity contribution >= 4 is 23.8 Å². The first-order valence-corrected chi connectivity index (χ1v) is 9.34. The number of esters is 1. The largest absolute Gasteiger partial charge is 0.463 e. The summed E-state index contributed by atoms with van der Waals surface area (Å²) in [6.07, 6.45) is 3.50. The SMILES string of the molecule is CCOC(=O)/C=C/c1ccc(NC(=O)NCCN2CC(C)OC(C)C2)cc1. The predicted octanol–water partition coefficient (Wildman–Crippen LogP) is 2.49. The fourth-order valence-corrected chi connectivity index (χ4v) is 3.00. The fourth-order valence-electron chi connectivity index (χ4n) is 3.00. The van der Waals surface area contributed by atoms with Gasteiger partial charge in [0.25, 0.3) is 0 Å². The molecule has 1 aliphatic heterocycles. The van der Waals surface area contributed by atoms with Gasteiger partial charge in [0.2, 0.25) is 0 Å². The highest BCUT2D eigenvalue weighted by Gasteiger charge is 2.21. The van der Waals surface area contributed by atoms with E-state index in [1.165, 1.54) is 6.08 Å². The number of hydrogen-bond acceptors (Lipinski definition) is 5. The summed E-state index contributed by atoms with van der Waals surface area (Å²) in [4.78, 5) is 25.6. The first-order valence-electron chi connectivity index (χ1n) is 9.34. The van der Waals surface area contributed by atoms with Crippen LogP contribution in [0.1, 0.15) is 26.3 Å². The van der Waals surface area contributed by atoms with Crippen LogP contribution in [0.4, 0.5) is 10.5 Å². The molecule has 0 saturated carbocycles. The van der Waals surface area contributed by atoms with Gasteiger partial charge in [0.05, 0.1) is 18.8 Å². The van der Waals surface area contributed by atoms with E-state index in [0.29, 0.717) is 18.8 Å². The fraction of sp³-hybridized carbons (Fsp3) is 0.500. The average molecular weight is 375 g/mol. The average Bonchev–Trinajstić information content (AvgIpc) is 2.60. The second-order valence-corrected chi connectivity index (χ2v) is 6.61. The highest BCUT2D eigenvalue weighted by molar-refractivity contribution is 5.90. The van der Waals surface area contributed by atoms with Gasteiger partial charge in [0.15, 0.2) is 0 Å². The Morgan fingerprint density at radius 3 is 2.52 bits per heavy atom. The minimum atomic E-state index is -0.372. The molecule has 0 aliphatic carbocycles. The first kappa shape index (κ1) is 20.9. The Balaban J connectivity index is 1.71. The lowest BCUT2D eigenvalue weighted by Gasteiger charge is -2.35. The molecular weight excluding hydrogens is 346 g/mol. The molecule has 1 saturated heterocycles. The lowest BCUT2D eigenvalue weighted by molar-refractivity contribution is -0.137. The lowest BCUT2D eigenvalue weighted by Crippen LogP contribution is -2.48. The number of urea groups is 1. The molecular formula is C20H29N3O4. The Morgan fingerprint density at radius 2 is 1.89 bits per heavy atom. The van der Waals surface area contributed by atoms with E-state index in [9.17, 15) is 9.59 Å². The standard InChI is InChI=1S/C20H29N3O4/c1-4-26-19(24)10-7-17-5-8-18(9-6-17)22-20(25)21-11-12-23-13-15(2)27-16(3)14-23/h5-10,15-16H,4,11-14H2,1-3H3,(H2,21,22,25)/b10-7+. The van der Waals surface area contributed by atoms with E-state index in [-0.39, 0.29) is 24.2 Å². The van der Waals surface area contributed by atoms with Crippen LogP contribution < -0.4 is 10.6 Å². The van der Waals surface area contributed by atoms with E-state index in [1.54, 1.807) is 25.1 Å². The third-order valence-electron chi connectivity index (χ3n) is 4.08. The molecule has 1 aliphatic rings. The van der Waals surface area contributed by atoms with Crippen LogP contribution in [0, 0.1) is 0 Å². The second-order valence-electron chi connectivity index (χ2n) is 6.61. The van der Waals surface area contributed by atoms with E-state index in [1.807, 2.05) is 12.1 Å².